The van der Waals surface area contributed by atoms with Crippen molar-refractivity contribution in [1.29, 1.82) is 0 Å². The van der Waals surface area contributed by atoms with Crippen molar-refractivity contribution in [1.82, 2.24) is 10.1 Å². The summed E-state index contributed by atoms with van der Waals surface area (Å²) >= 11 is 0. The van der Waals surface area contributed by atoms with Crippen LogP contribution in [0.1, 0.15) is 59.8 Å². The molecule has 3 rings (SSSR count). The van der Waals surface area contributed by atoms with Crippen LogP contribution in [0.25, 0.3) is 0 Å². The van der Waals surface area contributed by atoms with Gasteiger partial charge in [0.05, 0.1) is 17.7 Å². The van der Waals surface area contributed by atoms with E-state index in [9.17, 15) is 10.3 Å². The van der Waals surface area contributed by atoms with E-state index in [4.69, 9.17) is 9.57 Å². The minimum absolute atomic E-state index is 0.0416. The van der Waals surface area contributed by atoms with Gasteiger partial charge < -0.3 is 15.1 Å². The Morgan fingerprint density at radius 1 is 1.23 bits per heavy atom. The molecule has 3 fully saturated rings. The molecule has 3 aliphatic rings. The molecule has 22 heavy (non-hydrogen) atoms. The zero-order valence-corrected chi connectivity index (χ0v) is 14.4. The number of fused-ring (bicyclic) bond motifs is 3. The third-order valence-electron chi connectivity index (χ3n) is 6.19. The first-order valence-corrected chi connectivity index (χ1v) is 8.44. The maximum absolute atomic E-state index is 11.0. The number of rotatable bonds is 3. The summed E-state index contributed by atoms with van der Waals surface area (Å²) in [6.07, 6.45) is 4.46. The second-order valence-corrected chi connectivity index (χ2v) is 7.89. The second-order valence-electron chi connectivity index (χ2n) is 7.89. The van der Waals surface area contributed by atoms with Crippen molar-refractivity contribution < 1.29 is 19.9 Å². The van der Waals surface area contributed by atoms with Crippen molar-refractivity contribution in [2.45, 2.75) is 88.9 Å². The maximum atomic E-state index is 11.0. The molecule has 128 valence electrons. The summed E-state index contributed by atoms with van der Waals surface area (Å²) in [6.45, 7) is 7.79. The zero-order valence-electron chi connectivity index (χ0n) is 14.4. The predicted molar refractivity (Wildman–Crippen MR) is 80.8 cm³/mol. The lowest BCUT2D eigenvalue weighted by molar-refractivity contribution is -0.338. The van der Waals surface area contributed by atoms with Gasteiger partial charge >= 0.3 is 0 Å². The number of hydrogen-bond donors (Lipinski definition) is 2. The predicted octanol–water partition coefficient (Wildman–Crippen LogP) is 2.11. The molecule has 0 amide bonds. The van der Waals surface area contributed by atoms with Crippen LogP contribution in [0, 0.1) is 5.92 Å². The molecule has 2 saturated heterocycles. The van der Waals surface area contributed by atoms with Gasteiger partial charge in [0.25, 0.3) is 0 Å². The van der Waals surface area contributed by atoms with Crippen molar-refractivity contribution in [3.63, 3.8) is 0 Å². The molecule has 1 aliphatic carbocycles. The van der Waals surface area contributed by atoms with Gasteiger partial charge in [-0.2, -0.15) is 10.1 Å². The summed E-state index contributed by atoms with van der Waals surface area (Å²) in [5.74, 6) is -1.35. The standard InChI is InChI=1S/C16H30N2O4/c1-11(2)15(19)10-16(14(3,4)21-5)17(20)12-8-6-7-9-13(12)18(16)22-15/h11-13,19-20H,6-10H2,1-5H3/t12-,13+,15+,16+/m0/s1. The van der Waals surface area contributed by atoms with Gasteiger partial charge in [-0.05, 0) is 26.7 Å². The van der Waals surface area contributed by atoms with E-state index in [1.54, 1.807) is 7.11 Å². The molecular formula is C16H30N2O4. The first-order valence-electron chi connectivity index (χ1n) is 8.44. The van der Waals surface area contributed by atoms with E-state index >= 15 is 0 Å². The summed E-state index contributed by atoms with van der Waals surface area (Å²) in [5.41, 5.74) is -1.54. The Balaban J connectivity index is 2.07. The van der Waals surface area contributed by atoms with E-state index < -0.39 is 17.1 Å². The van der Waals surface area contributed by atoms with E-state index in [1.165, 1.54) is 5.06 Å². The molecule has 6 nitrogen and oxygen atoms in total. The van der Waals surface area contributed by atoms with Gasteiger partial charge in [0, 0.05) is 19.4 Å². The van der Waals surface area contributed by atoms with E-state index in [2.05, 4.69) is 0 Å². The van der Waals surface area contributed by atoms with Gasteiger partial charge in [0.2, 0.25) is 0 Å². The van der Waals surface area contributed by atoms with Gasteiger partial charge in [-0.15, -0.1) is 0 Å². The van der Waals surface area contributed by atoms with E-state index in [1.807, 2.05) is 32.8 Å². The van der Waals surface area contributed by atoms with Gasteiger partial charge in [0.15, 0.2) is 11.4 Å². The molecule has 0 radical (unpaired) electrons. The topological polar surface area (TPSA) is 65.4 Å². The molecule has 2 aliphatic heterocycles. The van der Waals surface area contributed by atoms with Crippen molar-refractivity contribution in [3.8, 4) is 0 Å². The van der Waals surface area contributed by atoms with Crippen molar-refractivity contribution in [2.75, 3.05) is 7.11 Å². The maximum Gasteiger partial charge on any atom is 0.191 e. The van der Waals surface area contributed by atoms with Gasteiger partial charge in [-0.3, -0.25) is 4.84 Å². The van der Waals surface area contributed by atoms with Crippen LogP contribution in [0.2, 0.25) is 0 Å². The van der Waals surface area contributed by atoms with Crippen LogP contribution in [0.4, 0.5) is 0 Å². The third kappa shape index (κ3) is 1.95. The molecule has 0 aromatic rings. The molecule has 4 atom stereocenters. The summed E-state index contributed by atoms with van der Waals surface area (Å²) in [5, 5.41) is 25.3. The van der Waals surface area contributed by atoms with Crippen LogP contribution >= 0.6 is 0 Å². The number of ether oxygens (including phenoxy) is 1. The number of hydrogen-bond acceptors (Lipinski definition) is 6. The fraction of sp³-hybridized carbons (Fsp3) is 1.00. The first kappa shape index (κ1) is 16.6. The lowest BCUT2D eigenvalue weighted by Crippen LogP contribution is -2.64. The SMILES string of the molecule is COC(C)(C)[C@@]12C[C@](O)(C(C)C)ON1[C@@H]1CCCC[C@@H]1N2O. The molecule has 1 saturated carbocycles. The Bertz CT molecular complexity index is 444. The van der Waals surface area contributed by atoms with Crippen LogP contribution < -0.4 is 0 Å². The zero-order chi connectivity index (χ0) is 16.3. The van der Waals surface area contributed by atoms with Crippen molar-refractivity contribution in [3.05, 3.63) is 0 Å². The number of methoxy groups -OCH3 is 1. The Labute approximate surface area is 132 Å². The Morgan fingerprint density at radius 2 is 1.82 bits per heavy atom. The Kier molecular flexibility index (Phi) is 3.87. The van der Waals surface area contributed by atoms with Crippen LogP contribution in [0.15, 0.2) is 0 Å². The molecule has 2 heterocycles. The van der Waals surface area contributed by atoms with Crippen LogP contribution in [0.3, 0.4) is 0 Å². The van der Waals surface area contributed by atoms with Gasteiger partial charge in [0.1, 0.15) is 0 Å². The molecule has 0 unspecified atom stereocenters. The molecule has 0 aromatic heterocycles. The second kappa shape index (κ2) is 5.13. The average molecular weight is 314 g/mol. The molecule has 2 N–H and O–H groups in total. The highest BCUT2D eigenvalue weighted by Crippen LogP contribution is 2.56. The molecule has 0 spiro atoms. The monoisotopic (exact) mass is 314 g/mol. The van der Waals surface area contributed by atoms with Gasteiger partial charge in [-0.25, -0.2) is 0 Å². The Hall–Kier alpha value is -0.240. The third-order valence-corrected chi connectivity index (χ3v) is 6.19. The number of hydroxylamine groups is 4. The first-order chi connectivity index (χ1) is 10.2. The summed E-state index contributed by atoms with van der Waals surface area (Å²) in [6, 6.07) is 0.140. The quantitative estimate of drug-likeness (QED) is 0.832. The van der Waals surface area contributed by atoms with E-state index in [-0.39, 0.29) is 18.0 Å². The van der Waals surface area contributed by atoms with Crippen molar-refractivity contribution in [2.24, 2.45) is 5.92 Å². The van der Waals surface area contributed by atoms with Crippen LogP contribution in [0.5, 0.6) is 0 Å². The fourth-order valence-corrected chi connectivity index (χ4v) is 4.39. The van der Waals surface area contributed by atoms with E-state index in [0.717, 1.165) is 25.7 Å². The fourth-order valence-electron chi connectivity index (χ4n) is 4.39. The summed E-state index contributed by atoms with van der Waals surface area (Å²) in [7, 11) is 1.65. The van der Waals surface area contributed by atoms with Crippen molar-refractivity contribution >= 4 is 0 Å². The highest BCUT2D eigenvalue weighted by molar-refractivity contribution is 5.14. The lowest BCUT2D eigenvalue weighted by Gasteiger charge is -2.46. The number of aliphatic hydroxyl groups is 1. The summed E-state index contributed by atoms with van der Waals surface area (Å²) < 4.78 is 5.74. The van der Waals surface area contributed by atoms with Gasteiger partial charge in [-0.1, -0.05) is 26.7 Å². The summed E-state index contributed by atoms with van der Waals surface area (Å²) in [4.78, 5) is 6.07. The Morgan fingerprint density at radius 3 is 2.36 bits per heavy atom. The van der Waals surface area contributed by atoms with Crippen LogP contribution in [-0.2, 0) is 9.57 Å². The van der Waals surface area contributed by atoms with Crippen LogP contribution in [-0.4, -0.2) is 56.7 Å². The highest BCUT2D eigenvalue weighted by Gasteiger charge is 2.73. The van der Waals surface area contributed by atoms with E-state index in [0.29, 0.717) is 6.42 Å². The average Bonchev–Trinajstić information content (AvgIpc) is 2.93. The lowest BCUT2D eigenvalue weighted by atomic mass is 9.82. The smallest absolute Gasteiger partial charge is 0.191 e. The molecule has 0 aromatic carbocycles. The number of nitrogens with zero attached hydrogens (tertiary/aromatic N) is 2. The molecule has 6 heteroatoms. The minimum atomic E-state index is -1.28. The largest absolute Gasteiger partial charge is 0.375 e. The molecular weight excluding hydrogens is 284 g/mol. The highest BCUT2D eigenvalue weighted by atomic mass is 16.8. The molecule has 0 bridgehead atoms. The normalized spacial score (nSPS) is 43.6. The minimum Gasteiger partial charge on any atom is -0.375 e.